The number of rotatable bonds is 3. The summed E-state index contributed by atoms with van der Waals surface area (Å²) in [6, 6.07) is 0. The van der Waals surface area contributed by atoms with Crippen LogP contribution in [0.3, 0.4) is 0 Å². The van der Waals surface area contributed by atoms with E-state index >= 15 is 0 Å². The number of alkyl halides is 3. The molecule has 10 heteroatoms. The van der Waals surface area contributed by atoms with Gasteiger partial charge in [-0.2, -0.15) is 21.6 Å². The lowest BCUT2D eigenvalue weighted by molar-refractivity contribution is -0.192. The maximum Gasteiger partial charge on any atom is 0.490 e. The SMILES string of the molecule is O=C(O)C(F)(F)F.O=S(=O)(F)CCC1CNC1. The van der Waals surface area contributed by atoms with Crippen molar-refractivity contribution in [2.45, 2.75) is 12.6 Å². The van der Waals surface area contributed by atoms with Gasteiger partial charge >= 0.3 is 22.4 Å². The minimum absolute atomic E-state index is 0.320. The fraction of sp³-hybridized carbons (Fsp3) is 0.857. The molecule has 102 valence electrons. The van der Waals surface area contributed by atoms with Gasteiger partial charge in [-0.25, -0.2) is 4.79 Å². The van der Waals surface area contributed by atoms with Crippen LogP contribution in [0.25, 0.3) is 0 Å². The van der Waals surface area contributed by atoms with Gasteiger partial charge in [0.1, 0.15) is 0 Å². The fourth-order valence-electron chi connectivity index (χ4n) is 0.860. The Morgan fingerprint density at radius 1 is 1.35 bits per heavy atom. The van der Waals surface area contributed by atoms with E-state index in [1.807, 2.05) is 0 Å². The third-order valence-corrected chi connectivity index (χ3v) is 2.60. The third-order valence-electron chi connectivity index (χ3n) is 1.88. The molecule has 0 unspecified atom stereocenters. The lowest BCUT2D eigenvalue weighted by atomic mass is 10.0. The van der Waals surface area contributed by atoms with E-state index in [1.165, 1.54) is 0 Å². The van der Waals surface area contributed by atoms with Crippen molar-refractivity contribution < 1.29 is 35.4 Å². The molecule has 1 aliphatic rings. The van der Waals surface area contributed by atoms with Crippen molar-refractivity contribution in [3.05, 3.63) is 0 Å². The number of hydrogen-bond donors (Lipinski definition) is 2. The van der Waals surface area contributed by atoms with Crippen molar-refractivity contribution in [1.82, 2.24) is 5.32 Å². The molecule has 5 nitrogen and oxygen atoms in total. The summed E-state index contributed by atoms with van der Waals surface area (Å²) in [5, 5.41) is 10.1. The summed E-state index contributed by atoms with van der Waals surface area (Å²) in [4.78, 5) is 8.90. The van der Waals surface area contributed by atoms with Gasteiger partial charge in [-0.1, -0.05) is 0 Å². The first-order valence-electron chi connectivity index (χ1n) is 4.45. The molecule has 1 saturated heterocycles. The van der Waals surface area contributed by atoms with Crippen LogP contribution in [0.15, 0.2) is 0 Å². The molecule has 0 aromatic carbocycles. The van der Waals surface area contributed by atoms with Gasteiger partial charge in [-0.05, 0) is 25.4 Å². The maximum atomic E-state index is 11.9. The number of nitrogens with one attached hydrogen (secondary N) is 1. The molecule has 17 heavy (non-hydrogen) atoms. The summed E-state index contributed by atoms with van der Waals surface area (Å²) < 4.78 is 63.6. The van der Waals surface area contributed by atoms with Gasteiger partial charge in [-0.15, -0.1) is 3.89 Å². The molecule has 0 radical (unpaired) electrons. The Labute approximate surface area is 95.0 Å². The molecule has 1 fully saturated rings. The summed E-state index contributed by atoms with van der Waals surface area (Å²) in [5.74, 6) is -2.71. The average Bonchev–Trinajstić information content (AvgIpc) is 1.97. The Morgan fingerprint density at radius 2 is 1.76 bits per heavy atom. The van der Waals surface area contributed by atoms with Gasteiger partial charge in [-0.3, -0.25) is 0 Å². The molecule has 1 rings (SSSR count). The number of carboxylic acids is 1. The first kappa shape index (κ1) is 16.1. The van der Waals surface area contributed by atoms with E-state index in [0.29, 0.717) is 12.3 Å². The van der Waals surface area contributed by atoms with Crippen LogP contribution >= 0.6 is 0 Å². The molecular weight excluding hydrogens is 270 g/mol. The first-order chi connectivity index (χ1) is 7.52. The smallest absolute Gasteiger partial charge is 0.475 e. The predicted octanol–water partition coefficient (Wildman–Crippen LogP) is 0.529. The van der Waals surface area contributed by atoms with Crippen LogP contribution in [0, 0.1) is 5.92 Å². The van der Waals surface area contributed by atoms with Crippen molar-refractivity contribution in [2.24, 2.45) is 5.92 Å². The zero-order valence-corrected chi connectivity index (χ0v) is 9.31. The molecule has 0 spiro atoms. The third kappa shape index (κ3) is 8.86. The second-order valence-corrected chi connectivity index (χ2v) is 4.84. The van der Waals surface area contributed by atoms with Crippen LogP contribution in [-0.2, 0) is 15.0 Å². The highest BCUT2D eigenvalue weighted by Gasteiger charge is 2.38. The molecule has 2 N–H and O–H groups in total. The standard InChI is InChI=1S/C5H10FNO2S.C2HF3O2/c6-10(8,9)2-1-5-3-7-4-5;3-2(4,5)1(6)7/h5,7H,1-4H2;(H,6,7). The Bertz CT molecular complexity index is 349. The van der Waals surface area contributed by atoms with Gasteiger partial charge < -0.3 is 10.4 Å². The minimum atomic E-state index is -5.08. The molecule has 0 aliphatic carbocycles. The molecule has 0 bridgehead atoms. The van der Waals surface area contributed by atoms with E-state index in [0.717, 1.165) is 13.1 Å². The van der Waals surface area contributed by atoms with E-state index in [2.05, 4.69) is 5.32 Å². The molecule has 0 aromatic rings. The zero-order valence-electron chi connectivity index (χ0n) is 8.50. The largest absolute Gasteiger partial charge is 0.490 e. The van der Waals surface area contributed by atoms with Crippen LogP contribution in [0.2, 0.25) is 0 Å². The van der Waals surface area contributed by atoms with Gasteiger partial charge in [0.2, 0.25) is 0 Å². The number of carboxylic acid groups (broad SMARTS) is 1. The van der Waals surface area contributed by atoms with E-state index < -0.39 is 22.4 Å². The maximum absolute atomic E-state index is 11.9. The number of carbonyl (C=O) groups is 1. The lowest BCUT2D eigenvalue weighted by Crippen LogP contribution is -2.42. The van der Waals surface area contributed by atoms with Crippen LogP contribution in [-0.4, -0.2) is 44.5 Å². The Hall–Kier alpha value is -0.900. The van der Waals surface area contributed by atoms with Crippen LogP contribution in [0.4, 0.5) is 17.1 Å². The van der Waals surface area contributed by atoms with Crippen LogP contribution < -0.4 is 5.32 Å². The summed E-state index contributed by atoms with van der Waals surface area (Å²) in [7, 11) is -4.22. The minimum Gasteiger partial charge on any atom is -0.475 e. The number of halogens is 4. The van der Waals surface area contributed by atoms with E-state index in [1.54, 1.807) is 0 Å². The van der Waals surface area contributed by atoms with Crippen LogP contribution in [0.5, 0.6) is 0 Å². The van der Waals surface area contributed by atoms with Gasteiger partial charge in [0.25, 0.3) is 0 Å². The Kier molecular flexibility index (Phi) is 5.82. The van der Waals surface area contributed by atoms with Crippen molar-refractivity contribution in [1.29, 1.82) is 0 Å². The number of hydrogen-bond acceptors (Lipinski definition) is 4. The highest BCUT2D eigenvalue weighted by atomic mass is 32.3. The summed E-state index contributed by atoms with van der Waals surface area (Å²) in [5.41, 5.74) is 0. The first-order valence-corrected chi connectivity index (χ1v) is 6.01. The average molecular weight is 281 g/mol. The lowest BCUT2D eigenvalue weighted by Gasteiger charge is -2.26. The van der Waals surface area contributed by atoms with Gasteiger partial charge in [0.15, 0.2) is 0 Å². The molecule has 0 saturated carbocycles. The Morgan fingerprint density at radius 3 is 1.94 bits per heavy atom. The highest BCUT2D eigenvalue weighted by molar-refractivity contribution is 7.86. The summed E-state index contributed by atoms with van der Waals surface area (Å²) >= 11 is 0. The second-order valence-electron chi connectivity index (χ2n) is 3.36. The van der Waals surface area contributed by atoms with Crippen molar-refractivity contribution in [3.8, 4) is 0 Å². The summed E-state index contributed by atoms with van der Waals surface area (Å²) in [6.07, 6.45) is -4.63. The topological polar surface area (TPSA) is 83.5 Å². The van der Waals surface area contributed by atoms with Crippen molar-refractivity contribution in [3.63, 3.8) is 0 Å². The molecular formula is C7H11F4NO4S. The molecule has 0 atom stereocenters. The monoisotopic (exact) mass is 281 g/mol. The molecule has 0 amide bonds. The molecule has 1 aliphatic heterocycles. The van der Waals surface area contributed by atoms with Crippen molar-refractivity contribution >= 4 is 16.2 Å². The van der Waals surface area contributed by atoms with Crippen LogP contribution in [0.1, 0.15) is 6.42 Å². The zero-order chi connectivity index (χ0) is 13.7. The molecule has 1 heterocycles. The predicted molar refractivity (Wildman–Crippen MR) is 49.6 cm³/mol. The fourth-order valence-corrected chi connectivity index (χ4v) is 1.47. The Balaban J connectivity index is 0.000000325. The van der Waals surface area contributed by atoms with Gasteiger partial charge in [0.05, 0.1) is 5.75 Å². The van der Waals surface area contributed by atoms with E-state index in [9.17, 15) is 25.5 Å². The second kappa shape index (κ2) is 6.15. The highest BCUT2D eigenvalue weighted by Crippen LogP contribution is 2.13. The number of aliphatic carboxylic acids is 1. The normalized spacial score (nSPS) is 16.7. The summed E-state index contributed by atoms with van der Waals surface area (Å²) in [6.45, 7) is 1.66. The van der Waals surface area contributed by atoms with Crippen molar-refractivity contribution in [2.75, 3.05) is 18.8 Å². The quantitative estimate of drug-likeness (QED) is 0.582. The molecule has 0 aromatic heterocycles. The van der Waals surface area contributed by atoms with E-state index in [-0.39, 0.29) is 5.75 Å². The van der Waals surface area contributed by atoms with Gasteiger partial charge in [0, 0.05) is 0 Å². The van der Waals surface area contributed by atoms with E-state index in [4.69, 9.17) is 9.90 Å².